The Bertz CT molecular complexity index is 589. The van der Waals surface area contributed by atoms with Crippen molar-refractivity contribution in [3.63, 3.8) is 0 Å². The van der Waals surface area contributed by atoms with Crippen LogP contribution in [0.2, 0.25) is 0 Å². The van der Waals surface area contributed by atoms with Crippen LogP contribution in [0.3, 0.4) is 0 Å². The smallest absolute Gasteiger partial charge is 0.126 e. The van der Waals surface area contributed by atoms with E-state index in [-0.39, 0.29) is 6.10 Å². The fourth-order valence-corrected chi connectivity index (χ4v) is 2.97. The summed E-state index contributed by atoms with van der Waals surface area (Å²) in [5.41, 5.74) is 1.33. The minimum Gasteiger partial charge on any atom is -0.496 e. The monoisotopic (exact) mass is 271 g/mol. The van der Waals surface area contributed by atoms with Crippen molar-refractivity contribution in [1.29, 1.82) is 0 Å². The Kier molecular flexibility index (Phi) is 3.90. The second kappa shape index (κ2) is 5.81. The molecule has 2 aromatic rings. The van der Waals surface area contributed by atoms with Gasteiger partial charge in [-0.25, -0.2) is 0 Å². The Labute approximate surface area is 119 Å². The van der Waals surface area contributed by atoms with E-state index in [1.165, 1.54) is 16.3 Å². The molecule has 0 spiro atoms. The number of piperidine rings is 1. The average molecular weight is 271 g/mol. The van der Waals surface area contributed by atoms with Gasteiger partial charge in [0.25, 0.3) is 0 Å². The number of aliphatic hydroxyl groups excluding tert-OH is 1. The third kappa shape index (κ3) is 2.65. The van der Waals surface area contributed by atoms with Gasteiger partial charge in [0.2, 0.25) is 0 Å². The van der Waals surface area contributed by atoms with Crippen LogP contribution in [-0.2, 0) is 6.54 Å². The van der Waals surface area contributed by atoms with Crippen LogP contribution in [0.5, 0.6) is 5.75 Å². The summed E-state index contributed by atoms with van der Waals surface area (Å²) in [6.45, 7) is 2.89. The first-order chi connectivity index (χ1) is 9.78. The van der Waals surface area contributed by atoms with Gasteiger partial charge in [0, 0.05) is 25.0 Å². The van der Waals surface area contributed by atoms with Crippen LogP contribution in [0.1, 0.15) is 18.4 Å². The van der Waals surface area contributed by atoms with Gasteiger partial charge in [-0.1, -0.05) is 30.3 Å². The minimum atomic E-state index is -0.112. The van der Waals surface area contributed by atoms with Crippen molar-refractivity contribution in [3.8, 4) is 5.75 Å². The molecule has 20 heavy (non-hydrogen) atoms. The normalized spacial score (nSPS) is 17.5. The lowest BCUT2D eigenvalue weighted by molar-refractivity contribution is 0.0794. The van der Waals surface area contributed by atoms with Gasteiger partial charge in [-0.2, -0.15) is 0 Å². The summed E-state index contributed by atoms with van der Waals surface area (Å²) in [5.74, 6) is 0.929. The van der Waals surface area contributed by atoms with E-state index in [4.69, 9.17) is 4.74 Å². The predicted molar refractivity (Wildman–Crippen MR) is 81.0 cm³/mol. The van der Waals surface area contributed by atoms with Gasteiger partial charge in [-0.05, 0) is 29.9 Å². The molecule has 3 heteroatoms. The number of ether oxygens (including phenoxy) is 1. The highest BCUT2D eigenvalue weighted by Gasteiger charge is 2.18. The molecule has 0 aliphatic carbocycles. The predicted octanol–water partition coefficient (Wildman–Crippen LogP) is 2.81. The van der Waals surface area contributed by atoms with Crippen molar-refractivity contribution in [2.24, 2.45) is 0 Å². The van der Waals surface area contributed by atoms with E-state index >= 15 is 0 Å². The van der Waals surface area contributed by atoms with E-state index in [0.717, 1.165) is 38.2 Å². The molecule has 1 aliphatic heterocycles. The zero-order valence-corrected chi connectivity index (χ0v) is 11.9. The number of hydrogen-bond acceptors (Lipinski definition) is 3. The molecule has 0 amide bonds. The van der Waals surface area contributed by atoms with Crippen molar-refractivity contribution in [3.05, 3.63) is 42.0 Å². The molecule has 0 saturated carbocycles. The lowest BCUT2D eigenvalue weighted by Gasteiger charge is -2.29. The van der Waals surface area contributed by atoms with E-state index in [9.17, 15) is 5.11 Å². The van der Waals surface area contributed by atoms with Gasteiger partial charge in [-0.3, -0.25) is 4.90 Å². The molecule has 1 saturated heterocycles. The van der Waals surface area contributed by atoms with Gasteiger partial charge in [0.1, 0.15) is 5.75 Å². The molecule has 2 aromatic carbocycles. The zero-order valence-electron chi connectivity index (χ0n) is 11.9. The number of benzene rings is 2. The van der Waals surface area contributed by atoms with Crippen LogP contribution in [-0.4, -0.2) is 36.3 Å². The SMILES string of the molecule is COc1ccc(CN2CCC(O)CC2)c2ccccc12. The standard InChI is InChI=1S/C17H21NO2/c1-20-17-7-6-13(15-4-2-3-5-16(15)17)12-18-10-8-14(19)9-11-18/h2-7,14,19H,8-12H2,1H3. The third-order valence-electron chi connectivity index (χ3n) is 4.15. The largest absolute Gasteiger partial charge is 0.496 e. The van der Waals surface area contributed by atoms with Crippen molar-refractivity contribution < 1.29 is 9.84 Å². The van der Waals surface area contributed by atoms with Gasteiger partial charge < -0.3 is 9.84 Å². The van der Waals surface area contributed by atoms with Crippen molar-refractivity contribution >= 4 is 10.8 Å². The molecule has 0 bridgehead atoms. The quantitative estimate of drug-likeness (QED) is 0.931. The summed E-state index contributed by atoms with van der Waals surface area (Å²) in [5, 5.41) is 12.0. The third-order valence-corrected chi connectivity index (χ3v) is 4.15. The van der Waals surface area contributed by atoms with Crippen molar-refractivity contribution in [1.82, 2.24) is 4.90 Å². The molecule has 0 unspecified atom stereocenters. The number of likely N-dealkylation sites (tertiary alicyclic amines) is 1. The topological polar surface area (TPSA) is 32.7 Å². The minimum absolute atomic E-state index is 0.112. The summed E-state index contributed by atoms with van der Waals surface area (Å²) < 4.78 is 5.44. The molecule has 1 aliphatic rings. The summed E-state index contributed by atoms with van der Waals surface area (Å²) in [6, 6.07) is 12.6. The maximum Gasteiger partial charge on any atom is 0.126 e. The summed E-state index contributed by atoms with van der Waals surface area (Å²) in [4.78, 5) is 2.42. The van der Waals surface area contributed by atoms with Crippen molar-refractivity contribution in [2.75, 3.05) is 20.2 Å². The number of nitrogens with zero attached hydrogens (tertiary/aromatic N) is 1. The highest BCUT2D eigenvalue weighted by molar-refractivity contribution is 5.91. The fourth-order valence-electron chi connectivity index (χ4n) is 2.97. The van der Waals surface area contributed by atoms with E-state index in [0.29, 0.717) is 0 Å². The molecule has 0 radical (unpaired) electrons. The summed E-state index contributed by atoms with van der Waals surface area (Å²) >= 11 is 0. The molecular formula is C17H21NO2. The Morgan fingerprint density at radius 3 is 2.50 bits per heavy atom. The molecule has 1 fully saturated rings. The first-order valence-corrected chi connectivity index (χ1v) is 7.23. The van der Waals surface area contributed by atoms with Crippen LogP contribution in [0.4, 0.5) is 0 Å². The highest BCUT2D eigenvalue weighted by atomic mass is 16.5. The highest BCUT2D eigenvalue weighted by Crippen LogP contribution is 2.29. The van der Waals surface area contributed by atoms with E-state index in [1.54, 1.807) is 7.11 Å². The number of rotatable bonds is 3. The second-order valence-corrected chi connectivity index (χ2v) is 5.48. The molecule has 1 heterocycles. The van der Waals surface area contributed by atoms with Gasteiger partial charge in [-0.15, -0.1) is 0 Å². The van der Waals surface area contributed by atoms with Crippen LogP contribution >= 0.6 is 0 Å². The van der Waals surface area contributed by atoms with Crippen LogP contribution in [0, 0.1) is 0 Å². The molecule has 3 rings (SSSR count). The number of hydrogen-bond donors (Lipinski definition) is 1. The maximum absolute atomic E-state index is 9.59. The van der Waals surface area contributed by atoms with E-state index in [2.05, 4.69) is 35.2 Å². The molecule has 106 valence electrons. The summed E-state index contributed by atoms with van der Waals surface area (Å²) in [6.07, 6.45) is 1.65. The number of aliphatic hydroxyl groups is 1. The number of fused-ring (bicyclic) bond motifs is 1. The van der Waals surface area contributed by atoms with Gasteiger partial charge in [0.05, 0.1) is 13.2 Å². The molecule has 1 N–H and O–H groups in total. The number of methoxy groups -OCH3 is 1. The zero-order chi connectivity index (χ0) is 13.9. The van der Waals surface area contributed by atoms with Crippen LogP contribution in [0.15, 0.2) is 36.4 Å². The molecule has 0 aromatic heterocycles. The van der Waals surface area contributed by atoms with Gasteiger partial charge >= 0.3 is 0 Å². The van der Waals surface area contributed by atoms with Crippen molar-refractivity contribution in [2.45, 2.75) is 25.5 Å². The maximum atomic E-state index is 9.59. The van der Waals surface area contributed by atoms with Crippen LogP contribution < -0.4 is 4.74 Å². The average Bonchev–Trinajstić information content (AvgIpc) is 2.50. The Balaban J connectivity index is 1.88. The Morgan fingerprint density at radius 1 is 1.10 bits per heavy atom. The fraction of sp³-hybridized carbons (Fsp3) is 0.412. The Hall–Kier alpha value is -1.58. The lowest BCUT2D eigenvalue weighted by Crippen LogP contribution is -2.35. The Morgan fingerprint density at radius 2 is 1.80 bits per heavy atom. The summed E-state index contributed by atoms with van der Waals surface area (Å²) in [7, 11) is 1.72. The lowest BCUT2D eigenvalue weighted by atomic mass is 10.0. The van der Waals surface area contributed by atoms with E-state index in [1.807, 2.05) is 6.07 Å². The van der Waals surface area contributed by atoms with Gasteiger partial charge in [0.15, 0.2) is 0 Å². The molecular weight excluding hydrogens is 250 g/mol. The molecule has 0 atom stereocenters. The first-order valence-electron chi connectivity index (χ1n) is 7.23. The van der Waals surface area contributed by atoms with Crippen LogP contribution in [0.25, 0.3) is 10.8 Å². The first kappa shape index (κ1) is 13.4. The second-order valence-electron chi connectivity index (χ2n) is 5.48. The molecule has 3 nitrogen and oxygen atoms in total. The van der Waals surface area contributed by atoms with E-state index < -0.39 is 0 Å².